The topological polar surface area (TPSA) is 79.7 Å². The van der Waals surface area contributed by atoms with E-state index in [4.69, 9.17) is 0 Å². The number of aromatic nitrogens is 5. The van der Waals surface area contributed by atoms with Gasteiger partial charge in [0.05, 0.1) is 5.54 Å². The molecule has 1 N–H and O–H groups in total. The van der Waals surface area contributed by atoms with Crippen LogP contribution in [0, 0.1) is 6.92 Å². The summed E-state index contributed by atoms with van der Waals surface area (Å²) in [5.74, 6) is 0.636. The van der Waals surface area contributed by atoms with Crippen molar-refractivity contribution < 1.29 is 0 Å². The monoisotopic (exact) mass is 548 g/mol. The summed E-state index contributed by atoms with van der Waals surface area (Å²) >= 11 is 0. The van der Waals surface area contributed by atoms with Crippen molar-refractivity contribution in [2.24, 2.45) is 0 Å². The molecule has 212 valence electrons. The van der Waals surface area contributed by atoms with Crippen molar-refractivity contribution in [3.8, 4) is 0 Å². The third kappa shape index (κ3) is 6.30. The number of nitrogens with one attached hydrogen (secondary N) is 1. The van der Waals surface area contributed by atoms with Gasteiger partial charge in [-0.05, 0) is 83.3 Å². The molecule has 7 heteroatoms. The average Bonchev–Trinajstić information content (AvgIpc) is 3.40. The van der Waals surface area contributed by atoms with Crippen molar-refractivity contribution in [2.75, 3.05) is 0 Å². The summed E-state index contributed by atoms with van der Waals surface area (Å²) in [6.45, 7) is 16.1. The molecule has 1 atom stereocenters. The molecule has 2 aromatic heterocycles. The van der Waals surface area contributed by atoms with Gasteiger partial charge in [-0.2, -0.15) is 0 Å². The molecular weight excluding hydrogens is 508 g/mol. The SMILES string of the molecule is Cc1ccc2cc([C@H](c3nnnn3C(C)(C)C)N(Cc3ccccc3)Cc3ccc(C(C)(C)C)cc3)c(=O)[nH]c2c1. The van der Waals surface area contributed by atoms with Crippen LogP contribution in [0.2, 0.25) is 0 Å². The fraction of sp³-hybridized carbons (Fsp3) is 0.353. The number of pyridine rings is 1. The molecule has 0 saturated heterocycles. The number of aromatic amines is 1. The van der Waals surface area contributed by atoms with Crippen LogP contribution in [0.1, 0.15) is 81.2 Å². The second-order valence-corrected chi connectivity index (χ2v) is 13.0. The first-order valence-corrected chi connectivity index (χ1v) is 14.2. The Labute approximate surface area is 242 Å². The van der Waals surface area contributed by atoms with Crippen molar-refractivity contribution >= 4 is 10.9 Å². The molecule has 0 bridgehead atoms. The van der Waals surface area contributed by atoms with E-state index in [-0.39, 0.29) is 16.5 Å². The van der Waals surface area contributed by atoms with E-state index in [2.05, 4.69) is 115 Å². The zero-order valence-corrected chi connectivity index (χ0v) is 25.1. The molecule has 0 spiro atoms. The Morgan fingerprint density at radius 3 is 2.15 bits per heavy atom. The number of hydrogen-bond donors (Lipinski definition) is 1. The Balaban J connectivity index is 1.70. The molecule has 5 rings (SSSR count). The van der Waals surface area contributed by atoms with Gasteiger partial charge in [0.1, 0.15) is 6.04 Å². The third-order valence-corrected chi connectivity index (χ3v) is 7.50. The zero-order valence-electron chi connectivity index (χ0n) is 25.1. The summed E-state index contributed by atoms with van der Waals surface area (Å²) < 4.78 is 1.84. The Kier molecular flexibility index (Phi) is 7.66. The highest BCUT2D eigenvalue weighted by atomic mass is 16.1. The molecule has 0 fully saturated rings. The van der Waals surface area contributed by atoms with Crippen LogP contribution >= 0.6 is 0 Å². The lowest BCUT2D eigenvalue weighted by Gasteiger charge is -2.33. The maximum atomic E-state index is 13.8. The number of H-pyrrole nitrogens is 1. The summed E-state index contributed by atoms with van der Waals surface area (Å²) in [4.78, 5) is 19.3. The first-order chi connectivity index (χ1) is 19.4. The van der Waals surface area contributed by atoms with Gasteiger partial charge in [-0.3, -0.25) is 9.69 Å². The number of tetrazole rings is 1. The van der Waals surface area contributed by atoms with Crippen molar-refractivity contribution in [1.82, 2.24) is 30.1 Å². The molecule has 0 amide bonds. The fourth-order valence-electron chi connectivity index (χ4n) is 5.28. The summed E-state index contributed by atoms with van der Waals surface area (Å²) in [5.41, 5.74) is 5.65. The number of fused-ring (bicyclic) bond motifs is 1. The molecule has 0 aliphatic carbocycles. The highest BCUT2D eigenvalue weighted by Gasteiger charge is 2.33. The van der Waals surface area contributed by atoms with Gasteiger partial charge in [0.25, 0.3) is 5.56 Å². The summed E-state index contributed by atoms with van der Waals surface area (Å²) in [7, 11) is 0. The Hall–Kier alpha value is -4.10. The first-order valence-electron chi connectivity index (χ1n) is 14.2. The molecule has 41 heavy (non-hydrogen) atoms. The maximum Gasteiger partial charge on any atom is 0.253 e. The molecule has 0 aliphatic heterocycles. The summed E-state index contributed by atoms with van der Waals surface area (Å²) in [6, 6.07) is 26.8. The van der Waals surface area contributed by atoms with Gasteiger partial charge in [-0.15, -0.1) is 5.10 Å². The molecule has 0 saturated carbocycles. The quantitative estimate of drug-likeness (QED) is 0.246. The van der Waals surface area contributed by atoms with Gasteiger partial charge >= 0.3 is 0 Å². The number of nitrogens with zero attached hydrogens (tertiary/aromatic N) is 5. The minimum absolute atomic E-state index is 0.0658. The van der Waals surface area contributed by atoms with Crippen molar-refractivity contribution in [1.29, 1.82) is 0 Å². The van der Waals surface area contributed by atoms with Crippen LogP contribution in [0.5, 0.6) is 0 Å². The van der Waals surface area contributed by atoms with E-state index in [0.717, 1.165) is 27.6 Å². The van der Waals surface area contributed by atoms with Gasteiger partial charge in [0.15, 0.2) is 5.82 Å². The van der Waals surface area contributed by atoms with Crippen LogP contribution in [0.25, 0.3) is 10.9 Å². The maximum absolute atomic E-state index is 13.8. The van der Waals surface area contributed by atoms with Crippen molar-refractivity contribution in [3.63, 3.8) is 0 Å². The standard InChI is InChI=1S/C34H40N6O/c1-23-13-16-26-20-28(32(41)35-29(26)19-23)30(31-36-37-38-40(31)34(5,6)7)39(21-24-11-9-8-10-12-24)22-25-14-17-27(18-15-25)33(2,3)4/h8-20,30H,21-22H2,1-7H3,(H,35,41)/t30-/m1/s1. The smallest absolute Gasteiger partial charge is 0.253 e. The Morgan fingerprint density at radius 1 is 0.854 bits per heavy atom. The van der Waals surface area contributed by atoms with Crippen LogP contribution in [0.3, 0.4) is 0 Å². The van der Waals surface area contributed by atoms with Gasteiger partial charge in [-0.25, -0.2) is 4.68 Å². The van der Waals surface area contributed by atoms with Gasteiger partial charge in [0, 0.05) is 24.2 Å². The molecule has 5 aromatic rings. The average molecular weight is 549 g/mol. The lowest BCUT2D eigenvalue weighted by atomic mass is 9.86. The van der Waals surface area contributed by atoms with E-state index >= 15 is 0 Å². The van der Waals surface area contributed by atoms with Crippen molar-refractivity contribution in [2.45, 2.75) is 78.6 Å². The van der Waals surface area contributed by atoms with Gasteiger partial charge in [-0.1, -0.05) is 87.5 Å². The van der Waals surface area contributed by atoms with Crippen LogP contribution in [-0.4, -0.2) is 30.1 Å². The third-order valence-electron chi connectivity index (χ3n) is 7.50. The summed E-state index contributed by atoms with van der Waals surface area (Å²) in [6.07, 6.45) is 0. The fourth-order valence-corrected chi connectivity index (χ4v) is 5.28. The lowest BCUT2D eigenvalue weighted by molar-refractivity contribution is 0.184. The molecule has 2 heterocycles. The number of benzene rings is 3. The predicted molar refractivity (Wildman–Crippen MR) is 165 cm³/mol. The number of hydrogen-bond acceptors (Lipinski definition) is 5. The van der Waals surface area contributed by atoms with E-state index in [9.17, 15) is 4.79 Å². The molecule has 7 nitrogen and oxygen atoms in total. The summed E-state index contributed by atoms with van der Waals surface area (Å²) in [5, 5.41) is 14.0. The van der Waals surface area contributed by atoms with E-state index in [1.165, 1.54) is 5.56 Å². The predicted octanol–water partition coefficient (Wildman–Crippen LogP) is 6.67. The van der Waals surface area contributed by atoms with Gasteiger partial charge < -0.3 is 4.98 Å². The molecule has 3 aromatic carbocycles. The van der Waals surface area contributed by atoms with Gasteiger partial charge in [0.2, 0.25) is 0 Å². The van der Waals surface area contributed by atoms with E-state index < -0.39 is 6.04 Å². The normalized spacial score (nSPS) is 13.2. The Bertz CT molecular complexity index is 1690. The second kappa shape index (κ2) is 11.1. The molecular formula is C34H40N6O. The minimum Gasteiger partial charge on any atom is -0.322 e. The highest BCUT2D eigenvalue weighted by molar-refractivity contribution is 5.79. The van der Waals surface area contributed by atoms with Crippen LogP contribution in [0.4, 0.5) is 0 Å². The van der Waals surface area contributed by atoms with E-state index in [0.29, 0.717) is 24.5 Å². The largest absolute Gasteiger partial charge is 0.322 e. The molecule has 0 unspecified atom stereocenters. The minimum atomic E-state index is -0.499. The second-order valence-electron chi connectivity index (χ2n) is 13.0. The zero-order chi connectivity index (χ0) is 29.4. The first kappa shape index (κ1) is 28.4. The van der Waals surface area contributed by atoms with Crippen LogP contribution in [0.15, 0.2) is 83.7 Å². The van der Waals surface area contributed by atoms with E-state index in [1.807, 2.05) is 41.9 Å². The van der Waals surface area contributed by atoms with E-state index in [1.54, 1.807) is 0 Å². The van der Waals surface area contributed by atoms with Crippen LogP contribution < -0.4 is 5.56 Å². The van der Waals surface area contributed by atoms with Crippen LogP contribution in [-0.2, 0) is 24.0 Å². The Morgan fingerprint density at radius 2 is 1.51 bits per heavy atom. The molecule has 0 radical (unpaired) electrons. The highest BCUT2D eigenvalue weighted by Crippen LogP contribution is 2.32. The van der Waals surface area contributed by atoms with Crippen molar-refractivity contribution in [3.05, 3.63) is 123 Å². The number of rotatable bonds is 7. The lowest BCUT2D eigenvalue weighted by Crippen LogP contribution is -2.37. The molecule has 0 aliphatic rings. The number of aryl methyl sites for hydroxylation is 1.